The van der Waals surface area contributed by atoms with E-state index in [0.29, 0.717) is 30.5 Å². The Balaban J connectivity index is 2.72. The van der Waals surface area contributed by atoms with Gasteiger partial charge in [-0.15, -0.1) is 0 Å². The Morgan fingerprint density at radius 1 is 1.33 bits per heavy atom. The lowest BCUT2D eigenvalue weighted by Gasteiger charge is -2.17. The van der Waals surface area contributed by atoms with E-state index in [4.69, 9.17) is 5.73 Å². The van der Waals surface area contributed by atoms with Gasteiger partial charge in [0.2, 0.25) is 0 Å². The van der Waals surface area contributed by atoms with Gasteiger partial charge in [0.05, 0.1) is 19.2 Å². The lowest BCUT2D eigenvalue weighted by atomic mass is 10.1. The molecule has 0 bridgehead atoms. The van der Waals surface area contributed by atoms with E-state index >= 15 is 0 Å². The number of hydrogen-bond acceptors (Lipinski definition) is 4. The highest BCUT2D eigenvalue weighted by Crippen LogP contribution is 2.10. The average molecular weight is 288 g/mol. The monoisotopic (exact) mass is 288 g/mol. The summed E-state index contributed by atoms with van der Waals surface area (Å²) in [5, 5.41) is 0. The fraction of sp³-hybridized carbons (Fsp3) is 0.375. The van der Waals surface area contributed by atoms with Crippen LogP contribution in [0.25, 0.3) is 0 Å². The van der Waals surface area contributed by atoms with E-state index < -0.39 is 0 Å². The van der Waals surface area contributed by atoms with Crippen molar-refractivity contribution in [1.29, 1.82) is 0 Å². The Morgan fingerprint density at radius 3 is 2.71 bits per heavy atom. The highest BCUT2D eigenvalue weighted by Gasteiger charge is 2.14. The molecule has 2 N–H and O–H groups in total. The molecule has 0 spiro atoms. The number of benzene rings is 1. The number of carbonyl (C=O) groups is 2. The van der Waals surface area contributed by atoms with Crippen LogP contribution < -0.4 is 5.73 Å². The van der Waals surface area contributed by atoms with Gasteiger partial charge in [-0.2, -0.15) is 0 Å². The second-order valence-electron chi connectivity index (χ2n) is 4.46. The van der Waals surface area contributed by atoms with Crippen LogP contribution in [0.2, 0.25) is 0 Å². The van der Waals surface area contributed by atoms with Crippen LogP contribution in [0.4, 0.5) is 0 Å². The van der Waals surface area contributed by atoms with Crippen molar-refractivity contribution in [3.8, 4) is 11.8 Å². The average Bonchev–Trinajstić information content (AvgIpc) is 2.52. The van der Waals surface area contributed by atoms with E-state index in [-0.39, 0.29) is 18.4 Å². The zero-order valence-electron chi connectivity index (χ0n) is 12.4. The molecular formula is C16H20N2O3. The molecule has 0 aliphatic carbocycles. The maximum atomic E-state index is 12.4. The lowest BCUT2D eigenvalue weighted by molar-refractivity contribution is -0.140. The molecule has 0 saturated carbocycles. The molecule has 0 aromatic heterocycles. The third-order valence-electron chi connectivity index (χ3n) is 2.93. The van der Waals surface area contributed by atoms with Crippen LogP contribution in [-0.4, -0.2) is 44.0 Å². The van der Waals surface area contributed by atoms with Crippen LogP contribution in [0.1, 0.15) is 28.8 Å². The van der Waals surface area contributed by atoms with Gasteiger partial charge < -0.3 is 15.4 Å². The van der Waals surface area contributed by atoms with Gasteiger partial charge in [-0.05, 0) is 18.6 Å². The third kappa shape index (κ3) is 5.28. The van der Waals surface area contributed by atoms with Gasteiger partial charge in [0.15, 0.2) is 0 Å². The number of amides is 1. The topological polar surface area (TPSA) is 72.6 Å². The first kappa shape index (κ1) is 16.7. The molecule has 0 unspecified atom stereocenters. The van der Waals surface area contributed by atoms with Crippen LogP contribution in [0, 0.1) is 11.8 Å². The molecule has 21 heavy (non-hydrogen) atoms. The second kappa shape index (κ2) is 8.77. The summed E-state index contributed by atoms with van der Waals surface area (Å²) in [6, 6.07) is 7.15. The third-order valence-corrected chi connectivity index (χ3v) is 2.93. The first-order chi connectivity index (χ1) is 10.1. The molecule has 1 aromatic carbocycles. The molecule has 1 rings (SSSR count). The van der Waals surface area contributed by atoms with Crippen molar-refractivity contribution in [1.82, 2.24) is 4.90 Å². The molecule has 5 nitrogen and oxygen atoms in total. The van der Waals surface area contributed by atoms with Gasteiger partial charge in [-0.1, -0.05) is 24.0 Å². The lowest BCUT2D eigenvalue weighted by Crippen LogP contribution is -2.28. The fourth-order valence-corrected chi connectivity index (χ4v) is 1.79. The summed E-state index contributed by atoms with van der Waals surface area (Å²) in [6.45, 7) is 0.726. The number of nitrogens with zero attached hydrogens (tertiary/aromatic N) is 1. The number of hydrogen-bond donors (Lipinski definition) is 1. The van der Waals surface area contributed by atoms with Gasteiger partial charge in [0, 0.05) is 25.6 Å². The van der Waals surface area contributed by atoms with Crippen molar-refractivity contribution in [3.05, 3.63) is 35.4 Å². The molecule has 0 saturated heterocycles. The Labute approximate surface area is 125 Å². The van der Waals surface area contributed by atoms with Crippen molar-refractivity contribution in [2.45, 2.75) is 12.8 Å². The molecule has 5 heteroatoms. The maximum Gasteiger partial charge on any atom is 0.305 e. The largest absolute Gasteiger partial charge is 0.469 e. The quantitative estimate of drug-likeness (QED) is 0.648. The van der Waals surface area contributed by atoms with Crippen LogP contribution in [0.15, 0.2) is 24.3 Å². The van der Waals surface area contributed by atoms with Gasteiger partial charge in [0.1, 0.15) is 0 Å². The van der Waals surface area contributed by atoms with Crippen molar-refractivity contribution in [2.75, 3.05) is 27.2 Å². The van der Waals surface area contributed by atoms with Crippen LogP contribution in [-0.2, 0) is 9.53 Å². The molecule has 1 amide bonds. The van der Waals surface area contributed by atoms with E-state index in [1.807, 2.05) is 6.07 Å². The Bertz CT molecular complexity index is 558. The minimum absolute atomic E-state index is 0.123. The van der Waals surface area contributed by atoms with E-state index in [1.165, 1.54) is 7.11 Å². The van der Waals surface area contributed by atoms with Gasteiger partial charge in [-0.3, -0.25) is 9.59 Å². The van der Waals surface area contributed by atoms with Crippen molar-refractivity contribution in [3.63, 3.8) is 0 Å². The van der Waals surface area contributed by atoms with E-state index in [9.17, 15) is 9.59 Å². The summed E-state index contributed by atoms with van der Waals surface area (Å²) in [6.07, 6.45) is 0.855. The van der Waals surface area contributed by atoms with Crippen LogP contribution in [0.5, 0.6) is 0 Å². The molecule has 0 aliphatic rings. The number of nitrogens with two attached hydrogens (primary N) is 1. The van der Waals surface area contributed by atoms with Crippen molar-refractivity contribution < 1.29 is 14.3 Å². The summed E-state index contributed by atoms with van der Waals surface area (Å²) in [5.74, 6) is 5.25. The molecule has 1 aromatic rings. The molecule has 0 aliphatic heterocycles. The standard InChI is InChI=1S/C16H20N2O3/c1-18(12-6-10-15(19)21-2)16(20)14-9-4-3-7-13(14)8-5-11-17/h3-4,7,9H,6,10-12,17H2,1-2H3. The van der Waals surface area contributed by atoms with Crippen molar-refractivity contribution >= 4 is 11.9 Å². The summed E-state index contributed by atoms with van der Waals surface area (Å²) < 4.78 is 4.57. The Hall–Kier alpha value is -2.32. The number of carbonyl (C=O) groups excluding carboxylic acids is 2. The summed E-state index contributed by atoms with van der Waals surface area (Å²) in [5.41, 5.74) is 6.56. The normalized spacial score (nSPS) is 9.48. The van der Waals surface area contributed by atoms with Crippen LogP contribution >= 0.6 is 0 Å². The zero-order chi connectivity index (χ0) is 15.7. The molecule has 0 atom stereocenters. The minimum atomic E-state index is -0.273. The van der Waals surface area contributed by atoms with Crippen molar-refractivity contribution in [2.24, 2.45) is 5.73 Å². The second-order valence-corrected chi connectivity index (χ2v) is 4.46. The number of esters is 1. The predicted octanol–water partition coefficient (Wildman–Crippen LogP) is 1.02. The molecule has 0 radical (unpaired) electrons. The first-order valence-electron chi connectivity index (χ1n) is 6.70. The Morgan fingerprint density at radius 2 is 2.05 bits per heavy atom. The number of rotatable bonds is 5. The van der Waals surface area contributed by atoms with E-state index in [2.05, 4.69) is 16.6 Å². The minimum Gasteiger partial charge on any atom is -0.469 e. The molecular weight excluding hydrogens is 268 g/mol. The summed E-state index contributed by atoms with van der Waals surface area (Å²) >= 11 is 0. The van der Waals surface area contributed by atoms with Crippen LogP contribution in [0.3, 0.4) is 0 Å². The maximum absolute atomic E-state index is 12.4. The number of ether oxygens (including phenoxy) is 1. The Kier molecular flexibility index (Phi) is 6.99. The first-order valence-corrected chi connectivity index (χ1v) is 6.70. The SMILES string of the molecule is COC(=O)CCCN(C)C(=O)c1ccccc1C#CCN. The molecule has 0 fully saturated rings. The van der Waals surface area contributed by atoms with Gasteiger partial charge in [-0.25, -0.2) is 0 Å². The van der Waals surface area contributed by atoms with Gasteiger partial charge >= 0.3 is 5.97 Å². The predicted molar refractivity (Wildman–Crippen MR) is 80.6 cm³/mol. The highest BCUT2D eigenvalue weighted by atomic mass is 16.5. The summed E-state index contributed by atoms with van der Waals surface area (Å²) in [7, 11) is 3.05. The number of methoxy groups -OCH3 is 1. The van der Waals surface area contributed by atoms with E-state index in [0.717, 1.165) is 0 Å². The molecule has 112 valence electrons. The van der Waals surface area contributed by atoms with E-state index in [1.54, 1.807) is 30.1 Å². The zero-order valence-corrected chi connectivity index (χ0v) is 12.4. The highest BCUT2D eigenvalue weighted by molar-refractivity contribution is 5.96. The summed E-state index contributed by atoms with van der Waals surface area (Å²) in [4.78, 5) is 25.0. The fourth-order valence-electron chi connectivity index (χ4n) is 1.79. The molecule has 0 heterocycles. The van der Waals surface area contributed by atoms with Gasteiger partial charge in [0.25, 0.3) is 5.91 Å². The smallest absolute Gasteiger partial charge is 0.305 e.